The van der Waals surface area contributed by atoms with Gasteiger partial charge in [0.25, 0.3) is 0 Å². The fourth-order valence-corrected chi connectivity index (χ4v) is 2.26. The topological polar surface area (TPSA) is 111 Å². The summed E-state index contributed by atoms with van der Waals surface area (Å²) in [7, 11) is 0. The van der Waals surface area contributed by atoms with Crippen molar-refractivity contribution < 1.29 is 9.32 Å². The molecule has 9 heteroatoms. The zero-order valence-corrected chi connectivity index (χ0v) is 14.2. The number of hydrogen-bond acceptors (Lipinski definition) is 6. The van der Waals surface area contributed by atoms with Gasteiger partial charge in [-0.05, 0) is 32.9 Å². The van der Waals surface area contributed by atoms with Crippen molar-refractivity contribution in [3.63, 3.8) is 0 Å². The second-order valence-electron chi connectivity index (χ2n) is 5.77. The molecule has 0 unspecified atom stereocenters. The number of carbonyl (C=O) groups excluding carboxylic acids is 1. The number of pyridine rings is 1. The summed E-state index contributed by atoms with van der Waals surface area (Å²) in [5, 5.41) is 13.6. The average molecular weight is 341 g/mol. The van der Waals surface area contributed by atoms with Crippen molar-refractivity contribution in [1.82, 2.24) is 30.2 Å². The molecule has 9 nitrogen and oxygen atoms in total. The van der Waals surface area contributed by atoms with Gasteiger partial charge in [-0.2, -0.15) is 10.1 Å². The van der Waals surface area contributed by atoms with Gasteiger partial charge >= 0.3 is 6.03 Å². The SMILES string of the molecule is CC(C)n1nccc1NC(=O)N[C@H](C)c1nc(-c2cccnc2)no1. The Kier molecular flexibility index (Phi) is 4.73. The van der Waals surface area contributed by atoms with E-state index in [9.17, 15) is 4.79 Å². The van der Waals surface area contributed by atoms with E-state index in [0.29, 0.717) is 17.5 Å². The monoisotopic (exact) mass is 341 g/mol. The van der Waals surface area contributed by atoms with Crippen molar-refractivity contribution in [3.05, 3.63) is 42.7 Å². The van der Waals surface area contributed by atoms with Crippen molar-refractivity contribution in [2.24, 2.45) is 0 Å². The minimum atomic E-state index is -0.451. The van der Waals surface area contributed by atoms with Gasteiger partial charge in [-0.3, -0.25) is 10.3 Å². The number of urea groups is 1. The van der Waals surface area contributed by atoms with E-state index in [1.54, 1.807) is 42.3 Å². The fourth-order valence-electron chi connectivity index (χ4n) is 2.26. The van der Waals surface area contributed by atoms with Gasteiger partial charge in [-0.25, -0.2) is 9.48 Å². The molecular weight excluding hydrogens is 322 g/mol. The summed E-state index contributed by atoms with van der Waals surface area (Å²) >= 11 is 0. The van der Waals surface area contributed by atoms with Crippen LogP contribution in [0.25, 0.3) is 11.4 Å². The average Bonchev–Trinajstić information content (AvgIpc) is 3.24. The highest BCUT2D eigenvalue weighted by Crippen LogP contribution is 2.18. The Morgan fingerprint density at radius 2 is 2.08 bits per heavy atom. The summed E-state index contributed by atoms with van der Waals surface area (Å²) in [5.41, 5.74) is 0.745. The molecule has 0 bridgehead atoms. The van der Waals surface area contributed by atoms with E-state index in [-0.39, 0.29) is 12.1 Å². The third-order valence-corrected chi connectivity index (χ3v) is 3.48. The molecule has 0 aliphatic heterocycles. The van der Waals surface area contributed by atoms with Gasteiger partial charge in [-0.15, -0.1) is 0 Å². The van der Waals surface area contributed by atoms with Gasteiger partial charge in [0.1, 0.15) is 11.9 Å². The molecule has 0 saturated carbocycles. The molecule has 3 aromatic rings. The molecule has 130 valence electrons. The summed E-state index contributed by atoms with van der Waals surface area (Å²) in [4.78, 5) is 20.5. The second kappa shape index (κ2) is 7.12. The van der Waals surface area contributed by atoms with E-state index >= 15 is 0 Å². The summed E-state index contributed by atoms with van der Waals surface area (Å²) in [6, 6.07) is 4.67. The highest BCUT2D eigenvalue weighted by molar-refractivity contribution is 5.88. The highest BCUT2D eigenvalue weighted by atomic mass is 16.5. The Morgan fingerprint density at radius 3 is 2.80 bits per heavy atom. The quantitative estimate of drug-likeness (QED) is 0.738. The third-order valence-electron chi connectivity index (χ3n) is 3.48. The number of amides is 2. The van der Waals surface area contributed by atoms with E-state index < -0.39 is 6.04 Å². The lowest BCUT2D eigenvalue weighted by Gasteiger charge is -2.14. The predicted molar refractivity (Wildman–Crippen MR) is 90.7 cm³/mol. The molecule has 0 aromatic carbocycles. The van der Waals surface area contributed by atoms with Crippen LogP contribution in [0, 0.1) is 0 Å². The van der Waals surface area contributed by atoms with E-state index in [1.807, 2.05) is 19.9 Å². The molecule has 3 rings (SSSR count). The molecule has 1 atom stereocenters. The molecule has 25 heavy (non-hydrogen) atoms. The fraction of sp³-hybridized carbons (Fsp3) is 0.312. The lowest BCUT2D eigenvalue weighted by atomic mass is 10.3. The zero-order valence-electron chi connectivity index (χ0n) is 14.2. The molecule has 3 aromatic heterocycles. The van der Waals surface area contributed by atoms with Crippen LogP contribution < -0.4 is 10.6 Å². The van der Waals surface area contributed by atoms with Gasteiger partial charge in [0, 0.05) is 30.1 Å². The van der Waals surface area contributed by atoms with E-state index in [0.717, 1.165) is 5.56 Å². The Morgan fingerprint density at radius 1 is 1.24 bits per heavy atom. The molecular formula is C16H19N7O2. The zero-order chi connectivity index (χ0) is 17.8. The number of hydrogen-bond donors (Lipinski definition) is 2. The normalized spacial score (nSPS) is 12.2. The first-order valence-corrected chi connectivity index (χ1v) is 7.89. The second-order valence-corrected chi connectivity index (χ2v) is 5.77. The number of nitrogens with zero attached hydrogens (tertiary/aromatic N) is 5. The summed E-state index contributed by atoms with van der Waals surface area (Å²) in [6.45, 7) is 5.73. The maximum absolute atomic E-state index is 12.2. The van der Waals surface area contributed by atoms with Crippen LogP contribution in [0.5, 0.6) is 0 Å². The first-order valence-electron chi connectivity index (χ1n) is 7.89. The Labute approximate surface area is 144 Å². The van der Waals surface area contributed by atoms with Gasteiger partial charge < -0.3 is 9.84 Å². The van der Waals surface area contributed by atoms with Gasteiger partial charge in [-0.1, -0.05) is 5.16 Å². The van der Waals surface area contributed by atoms with Crippen LogP contribution in [0.15, 0.2) is 41.3 Å². The van der Waals surface area contributed by atoms with E-state index in [2.05, 4.69) is 30.9 Å². The summed E-state index contributed by atoms with van der Waals surface area (Å²) < 4.78 is 6.95. The molecule has 0 radical (unpaired) electrons. The number of nitrogens with one attached hydrogen (secondary N) is 2. The van der Waals surface area contributed by atoms with Gasteiger partial charge in [0.2, 0.25) is 11.7 Å². The summed E-state index contributed by atoms with van der Waals surface area (Å²) in [6.07, 6.45) is 4.95. The molecule has 0 saturated heterocycles. The molecule has 2 N–H and O–H groups in total. The smallest absolute Gasteiger partial charge is 0.321 e. The molecule has 0 spiro atoms. The lowest BCUT2D eigenvalue weighted by molar-refractivity contribution is 0.245. The first-order chi connectivity index (χ1) is 12.0. The first kappa shape index (κ1) is 16.6. The number of rotatable bonds is 5. The Bertz CT molecular complexity index is 841. The molecule has 2 amide bonds. The van der Waals surface area contributed by atoms with Crippen molar-refractivity contribution in [2.75, 3.05) is 5.32 Å². The maximum atomic E-state index is 12.2. The van der Waals surface area contributed by atoms with Crippen LogP contribution in [0.1, 0.15) is 38.7 Å². The highest BCUT2D eigenvalue weighted by Gasteiger charge is 2.18. The van der Waals surface area contributed by atoms with Crippen LogP contribution in [-0.4, -0.2) is 30.9 Å². The standard InChI is InChI=1S/C16H19N7O2/c1-10(2)23-13(6-8-18-23)20-16(24)19-11(3)15-21-14(22-25-15)12-5-4-7-17-9-12/h4-11H,1-3H3,(H2,19,20,24)/t11-/m1/s1. The van der Waals surface area contributed by atoms with Crippen LogP contribution in [0.2, 0.25) is 0 Å². The Hall–Kier alpha value is -3.23. The number of carbonyl (C=O) groups is 1. The predicted octanol–water partition coefficient (Wildman–Crippen LogP) is 2.79. The molecule has 0 fully saturated rings. The minimum Gasteiger partial charge on any atom is -0.337 e. The van der Waals surface area contributed by atoms with Crippen LogP contribution in [-0.2, 0) is 0 Å². The molecule has 0 aliphatic rings. The largest absolute Gasteiger partial charge is 0.337 e. The van der Waals surface area contributed by atoms with Crippen molar-refractivity contribution in [2.45, 2.75) is 32.9 Å². The number of aromatic nitrogens is 5. The molecule has 3 heterocycles. The lowest BCUT2D eigenvalue weighted by Crippen LogP contribution is -2.32. The van der Waals surface area contributed by atoms with Crippen LogP contribution in [0.4, 0.5) is 10.6 Å². The van der Waals surface area contributed by atoms with Crippen molar-refractivity contribution in [1.29, 1.82) is 0 Å². The summed E-state index contributed by atoms with van der Waals surface area (Å²) in [5.74, 6) is 1.35. The third kappa shape index (κ3) is 3.82. The Balaban J connectivity index is 1.64. The minimum absolute atomic E-state index is 0.140. The van der Waals surface area contributed by atoms with Crippen LogP contribution in [0.3, 0.4) is 0 Å². The van der Waals surface area contributed by atoms with Gasteiger partial charge in [0.15, 0.2) is 0 Å². The van der Waals surface area contributed by atoms with E-state index in [1.165, 1.54) is 0 Å². The van der Waals surface area contributed by atoms with Crippen molar-refractivity contribution >= 4 is 11.8 Å². The van der Waals surface area contributed by atoms with E-state index in [4.69, 9.17) is 4.52 Å². The number of anilines is 1. The molecule has 0 aliphatic carbocycles. The van der Waals surface area contributed by atoms with Crippen LogP contribution >= 0.6 is 0 Å². The van der Waals surface area contributed by atoms with Gasteiger partial charge in [0.05, 0.1) is 6.20 Å². The van der Waals surface area contributed by atoms with Crippen molar-refractivity contribution in [3.8, 4) is 11.4 Å². The maximum Gasteiger partial charge on any atom is 0.321 e.